The van der Waals surface area contributed by atoms with Crippen LogP contribution >= 0.6 is 0 Å². The van der Waals surface area contributed by atoms with Crippen molar-refractivity contribution in [2.45, 2.75) is 26.2 Å². The molecule has 21 heavy (non-hydrogen) atoms. The van der Waals surface area contributed by atoms with Gasteiger partial charge in [0.15, 0.2) is 0 Å². The molecule has 1 aliphatic heterocycles. The van der Waals surface area contributed by atoms with E-state index in [0.29, 0.717) is 12.3 Å². The van der Waals surface area contributed by atoms with E-state index < -0.39 is 0 Å². The molecule has 1 atom stereocenters. The standard InChI is InChI=1S/C17H25NO3/c1-3-21-13-14-7-6-10-18(12-14)17(19)11-15-8-4-5-9-16(15)20-2/h4-5,8-9,14H,3,6-7,10-13H2,1-2H3. The number of benzene rings is 1. The molecule has 0 aromatic heterocycles. The van der Waals surface area contributed by atoms with Crippen LogP contribution in [-0.2, 0) is 16.0 Å². The van der Waals surface area contributed by atoms with Crippen molar-refractivity contribution in [2.75, 3.05) is 33.4 Å². The van der Waals surface area contributed by atoms with E-state index in [1.807, 2.05) is 36.1 Å². The molecule has 0 radical (unpaired) electrons. The van der Waals surface area contributed by atoms with Gasteiger partial charge in [0.05, 0.1) is 20.1 Å². The maximum atomic E-state index is 12.5. The fourth-order valence-electron chi connectivity index (χ4n) is 2.84. The van der Waals surface area contributed by atoms with Gasteiger partial charge in [-0.1, -0.05) is 18.2 Å². The molecule has 1 heterocycles. The summed E-state index contributed by atoms with van der Waals surface area (Å²) in [6.45, 7) is 5.18. The SMILES string of the molecule is CCOCC1CCCN(C(=O)Cc2ccccc2OC)C1. The van der Waals surface area contributed by atoms with Gasteiger partial charge in [-0.25, -0.2) is 0 Å². The summed E-state index contributed by atoms with van der Waals surface area (Å²) in [6, 6.07) is 7.72. The number of amides is 1. The van der Waals surface area contributed by atoms with Crippen LogP contribution in [0.3, 0.4) is 0 Å². The van der Waals surface area contributed by atoms with Crippen molar-refractivity contribution in [1.29, 1.82) is 0 Å². The number of carbonyl (C=O) groups is 1. The molecule has 1 saturated heterocycles. The molecule has 2 rings (SSSR count). The molecule has 1 unspecified atom stereocenters. The van der Waals surface area contributed by atoms with Gasteiger partial charge < -0.3 is 14.4 Å². The van der Waals surface area contributed by atoms with Crippen LogP contribution in [0.1, 0.15) is 25.3 Å². The lowest BCUT2D eigenvalue weighted by molar-refractivity contribution is -0.132. The fourth-order valence-corrected chi connectivity index (χ4v) is 2.84. The van der Waals surface area contributed by atoms with E-state index in [9.17, 15) is 4.79 Å². The zero-order valence-corrected chi connectivity index (χ0v) is 13.0. The van der Waals surface area contributed by atoms with Crippen molar-refractivity contribution in [2.24, 2.45) is 5.92 Å². The van der Waals surface area contributed by atoms with Gasteiger partial charge in [0, 0.05) is 25.3 Å². The van der Waals surface area contributed by atoms with E-state index in [4.69, 9.17) is 9.47 Å². The maximum absolute atomic E-state index is 12.5. The molecule has 1 fully saturated rings. The van der Waals surface area contributed by atoms with Gasteiger partial charge in [0.2, 0.25) is 5.91 Å². The largest absolute Gasteiger partial charge is 0.496 e. The highest BCUT2D eigenvalue weighted by Gasteiger charge is 2.24. The molecule has 4 heteroatoms. The van der Waals surface area contributed by atoms with E-state index in [1.165, 1.54) is 0 Å². The Morgan fingerprint density at radius 1 is 1.38 bits per heavy atom. The lowest BCUT2D eigenvalue weighted by Gasteiger charge is -2.32. The number of likely N-dealkylation sites (tertiary alicyclic amines) is 1. The fraction of sp³-hybridized carbons (Fsp3) is 0.588. The van der Waals surface area contributed by atoms with Crippen LogP contribution in [0.25, 0.3) is 0 Å². The van der Waals surface area contributed by atoms with E-state index >= 15 is 0 Å². The topological polar surface area (TPSA) is 38.8 Å². The third kappa shape index (κ3) is 4.46. The third-order valence-corrected chi connectivity index (χ3v) is 3.96. The number of methoxy groups -OCH3 is 1. The maximum Gasteiger partial charge on any atom is 0.227 e. The quantitative estimate of drug-likeness (QED) is 0.808. The van der Waals surface area contributed by atoms with Crippen molar-refractivity contribution in [3.8, 4) is 5.75 Å². The average molecular weight is 291 g/mol. The predicted molar refractivity (Wildman–Crippen MR) is 82.5 cm³/mol. The Morgan fingerprint density at radius 3 is 2.95 bits per heavy atom. The molecule has 4 nitrogen and oxygen atoms in total. The van der Waals surface area contributed by atoms with Gasteiger partial charge in [-0.3, -0.25) is 4.79 Å². The van der Waals surface area contributed by atoms with Crippen LogP contribution in [0.5, 0.6) is 5.75 Å². The highest BCUT2D eigenvalue weighted by Crippen LogP contribution is 2.21. The first kappa shape index (κ1) is 15.8. The molecular formula is C17H25NO3. The molecule has 0 saturated carbocycles. The van der Waals surface area contributed by atoms with E-state index in [0.717, 1.165) is 50.5 Å². The second-order valence-electron chi connectivity index (χ2n) is 5.50. The van der Waals surface area contributed by atoms with Crippen molar-refractivity contribution >= 4 is 5.91 Å². The Morgan fingerprint density at radius 2 is 2.19 bits per heavy atom. The van der Waals surface area contributed by atoms with Gasteiger partial charge in [-0.2, -0.15) is 0 Å². The first-order valence-corrected chi connectivity index (χ1v) is 7.72. The molecule has 0 spiro atoms. The van der Waals surface area contributed by atoms with Gasteiger partial charge >= 0.3 is 0 Å². The minimum Gasteiger partial charge on any atom is -0.496 e. The summed E-state index contributed by atoms with van der Waals surface area (Å²) in [5.41, 5.74) is 0.955. The number of piperidine rings is 1. The monoisotopic (exact) mass is 291 g/mol. The van der Waals surface area contributed by atoms with E-state index in [-0.39, 0.29) is 5.91 Å². The highest BCUT2D eigenvalue weighted by molar-refractivity contribution is 5.79. The van der Waals surface area contributed by atoms with Crippen LogP contribution in [0.4, 0.5) is 0 Å². The zero-order chi connectivity index (χ0) is 15.1. The number of rotatable bonds is 6. The first-order chi connectivity index (χ1) is 10.2. The van der Waals surface area contributed by atoms with Gasteiger partial charge in [0.25, 0.3) is 0 Å². The summed E-state index contributed by atoms with van der Waals surface area (Å²) in [7, 11) is 1.64. The number of para-hydroxylation sites is 1. The highest BCUT2D eigenvalue weighted by atomic mass is 16.5. The number of carbonyl (C=O) groups excluding carboxylic acids is 1. The van der Waals surface area contributed by atoms with Crippen molar-refractivity contribution in [1.82, 2.24) is 4.90 Å². The van der Waals surface area contributed by atoms with Crippen LogP contribution in [0.2, 0.25) is 0 Å². The Labute approximate surface area is 127 Å². The summed E-state index contributed by atoms with van der Waals surface area (Å²) >= 11 is 0. The van der Waals surface area contributed by atoms with E-state index in [1.54, 1.807) is 7.11 Å². The minimum atomic E-state index is 0.181. The van der Waals surface area contributed by atoms with Crippen LogP contribution in [0, 0.1) is 5.92 Å². The van der Waals surface area contributed by atoms with Gasteiger partial charge in [-0.15, -0.1) is 0 Å². The summed E-state index contributed by atoms with van der Waals surface area (Å²) < 4.78 is 10.8. The van der Waals surface area contributed by atoms with Crippen molar-refractivity contribution < 1.29 is 14.3 Å². The third-order valence-electron chi connectivity index (χ3n) is 3.96. The molecule has 1 aromatic carbocycles. The minimum absolute atomic E-state index is 0.181. The van der Waals surface area contributed by atoms with Crippen LogP contribution < -0.4 is 4.74 Å². The van der Waals surface area contributed by atoms with Gasteiger partial charge in [-0.05, 0) is 31.7 Å². The molecule has 0 N–H and O–H groups in total. The normalized spacial score (nSPS) is 18.6. The summed E-state index contributed by atoms with van der Waals surface area (Å²) in [4.78, 5) is 14.5. The van der Waals surface area contributed by atoms with Crippen molar-refractivity contribution in [3.63, 3.8) is 0 Å². The first-order valence-electron chi connectivity index (χ1n) is 7.72. The molecule has 1 aliphatic rings. The Hall–Kier alpha value is -1.55. The summed E-state index contributed by atoms with van der Waals surface area (Å²) in [5.74, 6) is 1.44. The average Bonchev–Trinajstić information content (AvgIpc) is 2.53. The summed E-state index contributed by atoms with van der Waals surface area (Å²) in [5, 5.41) is 0. The molecule has 116 valence electrons. The second kappa shape index (κ2) is 8.03. The van der Waals surface area contributed by atoms with Gasteiger partial charge in [0.1, 0.15) is 5.75 Å². The van der Waals surface area contributed by atoms with Crippen LogP contribution in [0.15, 0.2) is 24.3 Å². The zero-order valence-electron chi connectivity index (χ0n) is 13.0. The Bertz CT molecular complexity index is 461. The molecule has 0 aliphatic carbocycles. The molecule has 1 aromatic rings. The smallest absolute Gasteiger partial charge is 0.227 e. The second-order valence-corrected chi connectivity index (χ2v) is 5.50. The Kier molecular flexibility index (Phi) is 6.05. The lowest BCUT2D eigenvalue weighted by Crippen LogP contribution is -2.42. The number of ether oxygens (including phenoxy) is 2. The molecule has 1 amide bonds. The number of hydrogen-bond acceptors (Lipinski definition) is 3. The molecule has 0 bridgehead atoms. The lowest BCUT2D eigenvalue weighted by atomic mass is 9.98. The number of nitrogens with zero attached hydrogens (tertiary/aromatic N) is 1. The van der Waals surface area contributed by atoms with Crippen LogP contribution in [-0.4, -0.2) is 44.2 Å². The summed E-state index contributed by atoms with van der Waals surface area (Å²) in [6.07, 6.45) is 2.62. The predicted octanol–water partition coefficient (Wildman–Crippen LogP) is 2.51. The Balaban J connectivity index is 1.93. The van der Waals surface area contributed by atoms with Crippen molar-refractivity contribution in [3.05, 3.63) is 29.8 Å². The van der Waals surface area contributed by atoms with E-state index in [2.05, 4.69) is 0 Å². The number of hydrogen-bond donors (Lipinski definition) is 0. The molecular weight excluding hydrogens is 266 g/mol.